The molecule has 0 radical (unpaired) electrons. The second-order valence-electron chi connectivity index (χ2n) is 3.57. The number of ketones is 1. The van der Waals surface area contributed by atoms with Crippen molar-refractivity contribution in [1.82, 2.24) is 0 Å². The molecule has 0 N–H and O–H groups in total. The maximum Gasteiger partial charge on any atom is 0.236 e. The van der Waals surface area contributed by atoms with Crippen LogP contribution in [0, 0.1) is 11.8 Å². The quantitative estimate of drug-likeness (QED) is 0.562. The fourth-order valence-corrected chi connectivity index (χ4v) is 1.83. The zero-order valence-electron chi connectivity index (χ0n) is 9.28. The Hall–Kier alpha value is -1.75. The predicted molar refractivity (Wildman–Crippen MR) is 74.1 cm³/mol. The molecule has 0 fully saturated rings. The minimum atomic E-state index is -0.235. The molecule has 0 aliphatic rings. The number of rotatable bonds is 1. The van der Waals surface area contributed by atoms with Gasteiger partial charge >= 0.3 is 0 Å². The van der Waals surface area contributed by atoms with Crippen LogP contribution in [-0.4, -0.2) is 5.78 Å². The summed E-state index contributed by atoms with van der Waals surface area (Å²) in [5, 5.41) is 0.982. The zero-order chi connectivity index (χ0) is 13.0. The maximum atomic E-state index is 11.8. The number of hydrogen-bond donors (Lipinski definition) is 0. The number of halogens is 2. The van der Waals surface area contributed by atoms with Crippen molar-refractivity contribution in [3.8, 4) is 11.8 Å². The summed E-state index contributed by atoms with van der Waals surface area (Å²) in [6.07, 6.45) is 0. The number of hydrogen-bond acceptors (Lipinski definition) is 1. The minimum Gasteiger partial charge on any atom is -0.279 e. The average Bonchev–Trinajstić information content (AvgIpc) is 2.38. The third kappa shape index (κ3) is 3.13. The Bertz CT molecular complexity index is 637. The van der Waals surface area contributed by atoms with Crippen molar-refractivity contribution < 1.29 is 4.79 Å². The molecule has 0 spiro atoms. The molecule has 2 aromatic rings. The largest absolute Gasteiger partial charge is 0.279 e. The van der Waals surface area contributed by atoms with Crippen molar-refractivity contribution in [2.24, 2.45) is 0 Å². The van der Waals surface area contributed by atoms with E-state index in [-0.39, 0.29) is 5.78 Å². The van der Waals surface area contributed by atoms with Gasteiger partial charge in [0.2, 0.25) is 5.78 Å². The summed E-state index contributed by atoms with van der Waals surface area (Å²) in [6.45, 7) is 0. The molecule has 0 atom stereocenters. The molecule has 2 aromatic carbocycles. The third-order valence-electron chi connectivity index (χ3n) is 2.28. The molecule has 0 heterocycles. The summed E-state index contributed by atoms with van der Waals surface area (Å²) >= 11 is 11.7. The van der Waals surface area contributed by atoms with Gasteiger partial charge in [-0.2, -0.15) is 0 Å². The Labute approximate surface area is 115 Å². The van der Waals surface area contributed by atoms with Gasteiger partial charge in [0.1, 0.15) is 0 Å². The molecule has 0 aromatic heterocycles. The lowest BCUT2D eigenvalue weighted by molar-refractivity contribution is 0.105. The van der Waals surface area contributed by atoms with E-state index in [4.69, 9.17) is 23.2 Å². The maximum absolute atomic E-state index is 11.8. The highest BCUT2D eigenvalue weighted by molar-refractivity contribution is 6.35. The van der Waals surface area contributed by atoms with E-state index in [0.29, 0.717) is 21.2 Å². The normalized spacial score (nSPS) is 9.44. The highest BCUT2D eigenvalue weighted by Crippen LogP contribution is 2.19. The molecule has 2 rings (SSSR count). The molecular weight excluding hydrogens is 267 g/mol. The SMILES string of the molecule is O=C(C#Cc1ccc(Cl)cc1Cl)c1ccccc1. The van der Waals surface area contributed by atoms with Crippen molar-refractivity contribution in [1.29, 1.82) is 0 Å². The van der Waals surface area contributed by atoms with Gasteiger partial charge in [-0.3, -0.25) is 4.79 Å². The fourth-order valence-electron chi connectivity index (χ4n) is 1.38. The summed E-state index contributed by atoms with van der Waals surface area (Å²) in [6, 6.07) is 13.9. The highest BCUT2D eigenvalue weighted by Gasteiger charge is 2.01. The Kier molecular flexibility index (Phi) is 4.04. The van der Waals surface area contributed by atoms with Crippen LogP contribution in [0.1, 0.15) is 15.9 Å². The summed E-state index contributed by atoms with van der Waals surface area (Å²) < 4.78 is 0. The van der Waals surface area contributed by atoms with Crippen molar-refractivity contribution in [2.75, 3.05) is 0 Å². The number of Topliss-reactive ketones (excluding diaryl/α,β-unsaturated/α-hetero) is 1. The Morgan fingerprint density at radius 1 is 1.00 bits per heavy atom. The molecule has 0 aliphatic carbocycles. The van der Waals surface area contributed by atoms with Gasteiger partial charge < -0.3 is 0 Å². The fraction of sp³-hybridized carbons (Fsp3) is 0. The van der Waals surface area contributed by atoms with E-state index < -0.39 is 0 Å². The van der Waals surface area contributed by atoms with Crippen LogP contribution in [0.5, 0.6) is 0 Å². The molecule has 0 saturated heterocycles. The summed E-state index contributed by atoms with van der Waals surface area (Å²) in [5.41, 5.74) is 1.15. The van der Waals surface area contributed by atoms with Crippen LogP contribution in [0.4, 0.5) is 0 Å². The average molecular weight is 275 g/mol. The second-order valence-corrected chi connectivity index (χ2v) is 4.41. The van der Waals surface area contributed by atoms with E-state index in [0.717, 1.165) is 0 Å². The van der Waals surface area contributed by atoms with E-state index >= 15 is 0 Å². The lowest BCUT2D eigenvalue weighted by Gasteiger charge is -1.95. The van der Waals surface area contributed by atoms with Crippen LogP contribution in [0.3, 0.4) is 0 Å². The molecule has 0 saturated carbocycles. The van der Waals surface area contributed by atoms with Gasteiger partial charge in [0, 0.05) is 16.1 Å². The van der Waals surface area contributed by atoms with Crippen molar-refractivity contribution in [3.63, 3.8) is 0 Å². The molecule has 0 bridgehead atoms. The first-order valence-corrected chi connectivity index (χ1v) is 5.99. The van der Waals surface area contributed by atoms with Crippen molar-refractivity contribution in [3.05, 3.63) is 69.7 Å². The van der Waals surface area contributed by atoms with Gasteiger partial charge in [-0.15, -0.1) is 0 Å². The Morgan fingerprint density at radius 2 is 1.72 bits per heavy atom. The molecule has 0 amide bonds. The van der Waals surface area contributed by atoms with Gasteiger partial charge in [-0.1, -0.05) is 59.5 Å². The molecular formula is C15H8Cl2O. The van der Waals surface area contributed by atoms with E-state index in [1.807, 2.05) is 6.07 Å². The van der Waals surface area contributed by atoms with Crippen LogP contribution in [0.15, 0.2) is 48.5 Å². The van der Waals surface area contributed by atoms with Crippen LogP contribution in [0.25, 0.3) is 0 Å². The lowest BCUT2D eigenvalue weighted by Crippen LogP contribution is -1.93. The first kappa shape index (κ1) is 12.7. The lowest BCUT2D eigenvalue weighted by atomic mass is 10.1. The molecule has 88 valence electrons. The minimum absolute atomic E-state index is 0.235. The van der Waals surface area contributed by atoms with E-state index in [2.05, 4.69) is 11.8 Å². The molecule has 18 heavy (non-hydrogen) atoms. The first-order valence-electron chi connectivity index (χ1n) is 5.23. The molecule has 3 heteroatoms. The van der Waals surface area contributed by atoms with E-state index in [9.17, 15) is 4.79 Å². The Balaban J connectivity index is 2.25. The van der Waals surface area contributed by atoms with Crippen molar-refractivity contribution in [2.45, 2.75) is 0 Å². The van der Waals surface area contributed by atoms with Gasteiger partial charge in [-0.25, -0.2) is 0 Å². The molecule has 0 aliphatic heterocycles. The molecule has 1 nitrogen and oxygen atoms in total. The second kappa shape index (κ2) is 5.73. The number of carbonyl (C=O) groups is 1. The smallest absolute Gasteiger partial charge is 0.236 e. The Morgan fingerprint density at radius 3 is 2.39 bits per heavy atom. The first-order chi connectivity index (χ1) is 8.66. The highest BCUT2D eigenvalue weighted by atomic mass is 35.5. The monoisotopic (exact) mass is 274 g/mol. The van der Waals surface area contributed by atoms with Gasteiger partial charge in [-0.05, 0) is 24.1 Å². The third-order valence-corrected chi connectivity index (χ3v) is 2.83. The van der Waals surface area contributed by atoms with E-state index in [1.165, 1.54) is 0 Å². The van der Waals surface area contributed by atoms with E-state index in [1.54, 1.807) is 42.5 Å². The topological polar surface area (TPSA) is 17.1 Å². The predicted octanol–water partition coefficient (Wildman–Crippen LogP) is 4.23. The summed E-state index contributed by atoms with van der Waals surface area (Å²) in [7, 11) is 0. The van der Waals surface area contributed by atoms with Crippen LogP contribution in [0.2, 0.25) is 10.0 Å². The van der Waals surface area contributed by atoms with Crippen LogP contribution in [-0.2, 0) is 0 Å². The number of carbonyl (C=O) groups excluding carboxylic acids is 1. The van der Waals surface area contributed by atoms with Gasteiger partial charge in [0.05, 0.1) is 5.02 Å². The van der Waals surface area contributed by atoms with Crippen LogP contribution < -0.4 is 0 Å². The van der Waals surface area contributed by atoms with Gasteiger partial charge in [0.15, 0.2) is 0 Å². The standard InChI is InChI=1S/C15H8Cl2O/c16-13-8-6-11(14(17)10-13)7-9-15(18)12-4-2-1-3-5-12/h1-6,8,10H. The number of benzene rings is 2. The zero-order valence-corrected chi connectivity index (χ0v) is 10.8. The van der Waals surface area contributed by atoms with Gasteiger partial charge in [0.25, 0.3) is 0 Å². The van der Waals surface area contributed by atoms with Crippen molar-refractivity contribution >= 4 is 29.0 Å². The molecule has 0 unspecified atom stereocenters. The summed E-state index contributed by atoms with van der Waals surface area (Å²) in [4.78, 5) is 11.8. The summed E-state index contributed by atoms with van der Waals surface area (Å²) in [5.74, 6) is 5.07. The van der Waals surface area contributed by atoms with Crippen LogP contribution >= 0.6 is 23.2 Å².